The average molecular weight is 439 g/mol. The van der Waals surface area contributed by atoms with Crippen molar-refractivity contribution in [3.05, 3.63) is 46.5 Å². The summed E-state index contributed by atoms with van der Waals surface area (Å²) in [6, 6.07) is 5.39. The van der Waals surface area contributed by atoms with E-state index < -0.39 is 31.1 Å². The zero-order valence-corrected chi connectivity index (χ0v) is 16.0. The Balaban J connectivity index is 0.000000271. The summed E-state index contributed by atoms with van der Waals surface area (Å²) < 4.78 is 60.0. The van der Waals surface area contributed by atoms with E-state index in [1.807, 2.05) is 0 Å². The molecule has 0 bridgehead atoms. The van der Waals surface area contributed by atoms with Crippen LogP contribution in [0.25, 0.3) is 0 Å². The maximum Gasteiger partial charge on any atom is 0.337 e. The van der Waals surface area contributed by atoms with Crippen molar-refractivity contribution in [2.75, 3.05) is 11.5 Å². The van der Waals surface area contributed by atoms with Gasteiger partial charge >= 0.3 is 5.97 Å². The van der Waals surface area contributed by atoms with Crippen LogP contribution in [-0.2, 0) is 20.2 Å². The lowest BCUT2D eigenvalue weighted by atomic mass is 10.2. The highest BCUT2D eigenvalue weighted by Gasteiger charge is 2.15. The number of halogens is 1. The van der Waals surface area contributed by atoms with E-state index in [2.05, 4.69) is 0 Å². The molecule has 7 N–H and O–H groups in total. The lowest BCUT2D eigenvalue weighted by Crippen LogP contribution is -2.05. The number of carbonyl (C=O) groups is 1. The Labute approximate surface area is 159 Å². The summed E-state index contributed by atoms with van der Waals surface area (Å²) in [4.78, 5) is 9.70. The Hall–Kier alpha value is -2.38. The maximum atomic E-state index is 10.7. The molecule has 0 saturated carbocycles. The lowest BCUT2D eigenvalue weighted by Gasteiger charge is -2.04. The highest BCUT2D eigenvalue weighted by molar-refractivity contribution is 7.86. The standard InChI is InChI=1S/C7H8ClNO3S.C7H7NO5S/c1-4-2-6(9)7(3-5(4)8)13(10,11)12;8-6-3-4(14(11,12)13)1-2-5(6)7(9)10/h2-3H,9H2,1H3,(H,10,11,12);1-3H,8H2,(H,9,10)(H,11,12,13). The Bertz CT molecular complexity index is 1100. The summed E-state index contributed by atoms with van der Waals surface area (Å²) >= 11 is 5.66. The van der Waals surface area contributed by atoms with Gasteiger partial charge < -0.3 is 16.6 Å². The summed E-state index contributed by atoms with van der Waals surface area (Å²) in [5.41, 5.74) is 10.9. The predicted octanol–water partition coefficient (Wildman–Crippen LogP) is 1.69. The van der Waals surface area contributed by atoms with Crippen LogP contribution < -0.4 is 11.5 Å². The van der Waals surface area contributed by atoms with E-state index in [0.717, 1.165) is 24.3 Å². The molecular formula is C14H15ClN2O8S2. The Morgan fingerprint density at radius 3 is 1.93 bits per heavy atom. The lowest BCUT2D eigenvalue weighted by molar-refractivity contribution is 0.0698. The van der Waals surface area contributed by atoms with Crippen molar-refractivity contribution in [3.63, 3.8) is 0 Å². The molecule has 0 heterocycles. The van der Waals surface area contributed by atoms with Crippen LogP contribution in [0.4, 0.5) is 11.4 Å². The van der Waals surface area contributed by atoms with Gasteiger partial charge in [-0.05, 0) is 42.8 Å². The number of aromatic carboxylic acids is 1. The van der Waals surface area contributed by atoms with Crippen LogP contribution in [0.1, 0.15) is 15.9 Å². The third-order valence-electron chi connectivity index (χ3n) is 3.12. The van der Waals surface area contributed by atoms with Gasteiger partial charge in [0.25, 0.3) is 20.2 Å². The number of nitrogens with two attached hydrogens (primary N) is 2. The van der Waals surface area contributed by atoms with Crippen molar-refractivity contribution in [2.45, 2.75) is 16.7 Å². The van der Waals surface area contributed by atoms with Gasteiger partial charge in [0.1, 0.15) is 4.90 Å². The number of aryl methyl sites for hydroxylation is 1. The van der Waals surface area contributed by atoms with Gasteiger partial charge in [-0.15, -0.1) is 0 Å². The molecule has 0 aromatic heterocycles. The average Bonchev–Trinajstić information content (AvgIpc) is 2.49. The number of hydrogen-bond donors (Lipinski definition) is 5. The maximum absolute atomic E-state index is 10.7. The normalized spacial score (nSPS) is 11.4. The number of anilines is 2. The number of nitrogen functional groups attached to an aromatic ring is 2. The smallest absolute Gasteiger partial charge is 0.337 e. The van der Waals surface area contributed by atoms with E-state index in [-0.39, 0.29) is 26.9 Å². The fourth-order valence-corrected chi connectivity index (χ4v) is 3.17. The van der Waals surface area contributed by atoms with E-state index in [0.29, 0.717) is 5.56 Å². The van der Waals surface area contributed by atoms with Crippen molar-refractivity contribution in [2.24, 2.45) is 0 Å². The Morgan fingerprint density at radius 2 is 1.52 bits per heavy atom. The summed E-state index contributed by atoms with van der Waals surface area (Å²) in [6.45, 7) is 1.69. The van der Waals surface area contributed by atoms with E-state index >= 15 is 0 Å². The van der Waals surface area contributed by atoms with Crippen LogP contribution in [0, 0.1) is 6.92 Å². The highest BCUT2D eigenvalue weighted by atomic mass is 35.5. The minimum Gasteiger partial charge on any atom is -0.478 e. The second-order valence-corrected chi connectivity index (χ2v) is 8.36. The van der Waals surface area contributed by atoms with Crippen LogP contribution in [0.3, 0.4) is 0 Å². The van der Waals surface area contributed by atoms with Crippen LogP contribution in [-0.4, -0.2) is 37.0 Å². The fourth-order valence-electron chi connectivity index (χ4n) is 1.81. The molecule has 0 aliphatic rings. The quantitative estimate of drug-likeness (QED) is 0.347. The first-order valence-electron chi connectivity index (χ1n) is 6.78. The molecule has 0 amide bonds. The number of benzene rings is 2. The minimum absolute atomic E-state index is 0.00981. The molecule has 148 valence electrons. The zero-order chi connectivity index (χ0) is 21.2. The second kappa shape index (κ2) is 8.10. The van der Waals surface area contributed by atoms with Crippen molar-refractivity contribution in [1.82, 2.24) is 0 Å². The van der Waals surface area contributed by atoms with Gasteiger partial charge in [0.05, 0.1) is 16.1 Å². The van der Waals surface area contributed by atoms with Gasteiger partial charge in [-0.25, -0.2) is 4.79 Å². The summed E-state index contributed by atoms with van der Waals surface area (Å²) in [5.74, 6) is -1.26. The molecule has 0 aliphatic heterocycles. The number of carboxylic acids is 1. The van der Waals surface area contributed by atoms with Gasteiger partial charge in [-0.3, -0.25) is 9.11 Å². The van der Waals surface area contributed by atoms with Gasteiger partial charge in [0, 0.05) is 10.7 Å². The van der Waals surface area contributed by atoms with E-state index in [1.54, 1.807) is 6.92 Å². The molecule has 10 nitrogen and oxygen atoms in total. The summed E-state index contributed by atoms with van der Waals surface area (Å²) in [7, 11) is -8.62. The molecule has 0 unspecified atom stereocenters. The molecule has 0 fully saturated rings. The van der Waals surface area contributed by atoms with E-state index in [1.165, 1.54) is 6.07 Å². The largest absolute Gasteiger partial charge is 0.478 e. The van der Waals surface area contributed by atoms with Crippen molar-refractivity contribution in [3.8, 4) is 0 Å². The van der Waals surface area contributed by atoms with Gasteiger partial charge in [0.2, 0.25) is 0 Å². The first-order chi connectivity index (χ1) is 12.1. The minimum atomic E-state index is -4.34. The van der Waals surface area contributed by atoms with E-state index in [9.17, 15) is 21.6 Å². The molecule has 0 spiro atoms. The predicted molar refractivity (Wildman–Crippen MR) is 98.0 cm³/mol. The molecule has 2 aromatic rings. The molecule has 27 heavy (non-hydrogen) atoms. The van der Waals surface area contributed by atoms with E-state index in [4.69, 9.17) is 37.3 Å². The molecule has 0 atom stereocenters. The van der Waals surface area contributed by atoms with Crippen LogP contribution in [0.15, 0.2) is 40.1 Å². The van der Waals surface area contributed by atoms with Crippen LogP contribution in [0.5, 0.6) is 0 Å². The highest BCUT2D eigenvalue weighted by Crippen LogP contribution is 2.25. The zero-order valence-electron chi connectivity index (χ0n) is 13.6. The molecule has 0 radical (unpaired) electrons. The first kappa shape index (κ1) is 22.7. The SMILES string of the molecule is Cc1cc(N)c(S(=O)(=O)O)cc1Cl.Nc1cc(S(=O)(=O)O)ccc1C(=O)O. The number of hydrogen-bond acceptors (Lipinski definition) is 7. The summed E-state index contributed by atoms with van der Waals surface area (Å²) in [6.07, 6.45) is 0. The van der Waals surface area contributed by atoms with Gasteiger partial charge in [-0.1, -0.05) is 11.6 Å². The monoisotopic (exact) mass is 438 g/mol. The fraction of sp³-hybridized carbons (Fsp3) is 0.0714. The first-order valence-corrected chi connectivity index (χ1v) is 10.0. The van der Waals surface area contributed by atoms with Gasteiger partial charge in [0.15, 0.2) is 0 Å². The second-order valence-electron chi connectivity index (χ2n) is 5.14. The molecule has 0 aliphatic carbocycles. The summed E-state index contributed by atoms with van der Waals surface area (Å²) in [5, 5.41) is 8.82. The third-order valence-corrected chi connectivity index (χ3v) is 5.29. The molecule has 0 saturated heterocycles. The topological polar surface area (TPSA) is 198 Å². The van der Waals surface area contributed by atoms with Crippen molar-refractivity contribution in [1.29, 1.82) is 0 Å². The van der Waals surface area contributed by atoms with Crippen molar-refractivity contribution >= 4 is 49.2 Å². The Kier molecular flexibility index (Phi) is 6.80. The van der Waals surface area contributed by atoms with Crippen LogP contribution >= 0.6 is 11.6 Å². The number of carboxylic acid groups (broad SMARTS) is 1. The number of rotatable bonds is 3. The Morgan fingerprint density at radius 1 is 0.963 bits per heavy atom. The van der Waals surface area contributed by atoms with Gasteiger partial charge in [-0.2, -0.15) is 16.8 Å². The molecule has 2 rings (SSSR count). The third kappa shape index (κ3) is 6.08. The molecule has 13 heteroatoms. The van der Waals surface area contributed by atoms with Crippen molar-refractivity contribution < 1.29 is 35.8 Å². The molecule has 2 aromatic carbocycles. The molecular weight excluding hydrogens is 424 g/mol. The van der Waals surface area contributed by atoms with Crippen LogP contribution in [0.2, 0.25) is 5.02 Å².